The molecule has 4 heteroatoms. The molecule has 1 heterocycles. The zero-order valence-corrected chi connectivity index (χ0v) is 9.07. The van der Waals surface area contributed by atoms with E-state index in [9.17, 15) is 4.79 Å². The van der Waals surface area contributed by atoms with E-state index in [1.807, 2.05) is 25.2 Å². The van der Waals surface area contributed by atoms with Gasteiger partial charge in [-0.3, -0.25) is 0 Å². The molecule has 0 amide bonds. The summed E-state index contributed by atoms with van der Waals surface area (Å²) in [6, 6.07) is 1.55. The molecule has 0 saturated heterocycles. The summed E-state index contributed by atoms with van der Waals surface area (Å²) in [5, 5.41) is 11.0. The van der Waals surface area contributed by atoms with Crippen molar-refractivity contribution in [3.05, 3.63) is 41.3 Å². The summed E-state index contributed by atoms with van der Waals surface area (Å²) in [7, 11) is 0. The molecule has 0 spiro atoms. The Morgan fingerprint density at radius 1 is 1.47 bits per heavy atom. The van der Waals surface area contributed by atoms with Crippen LogP contribution in [-0.2, 0) is 0 Å². The molecule has 0 aliphatic rings. The van der Waals surface area contributed by atoms with Crippen molar-refractivity contribution in [1.29, 1.82) is 0 Å². The number of nitrogens with zero attached hydrogens (tertiary/aromatic N) is 1. The Morgan fingerprint density at radius 2 is 2.27 bits per heavy atom. The highest BCUT2D eigenvalue weighted by Gasteiger charge is 2.08. The van der Waals surface area contributed by atoms with Crippen LogP contribution in [0.25, 0.3) is 0 Å². The fourth-order valence-corrected chi connectivity index (χ4v) is 1.64. The molecule has 0 aliphatic carbocycles. The summed E-state index contributed by atoms with van der Waals surface area (Å²) in [4.78, 5) is 14.8. The van der Waals surface area contributed by atoms with Crippen LogP contribution in [0.1, 0.15) is 17.3 Å². The Kier molecular flexibility index (Phi) is 4.50. The van der Waals surface area contributed by atoms with Crippen LogP contribution in [0, 0.1) is 0 Å². The number of carboxylic acid groups (broad SMARTS) is 1. The average Bonchev–Trinajstić information content (AvgIpc) is 2.66. The molecule has 0 saturated carbocycles. The van der Waals surface area contributed by atoms with E-state index in [-0.39, 0.29) is 5.56 Å². The van der Waals surface area contributed by atoms with Crippen molar-refractivity contribution in [1.82, 2.24) is 0 Å². The Hall–Kier alpha value is -1.68. The molecule has 3 nitrogen and oxygen atoms in total. The third-order valence-electron chi connectivity index (χ3n) is 1.57. The quantitative estimate of drug-likeness (QED) is 0.626. The van der Waals surface area contributed by atoms with Gasteiger partial charge < -0.3 is 5.11 Å². The number of aliphatic imine (C=N–C) groups is 1. The zero-order chi connectivity index (χ0) is 11.1. The third-order valence-corrected chi connectivity index (χ3v) is 2.39. The molecule has 0 atom stereocenters. The van der Waals surface area contributed by atoms with Crippen molar-refractivity contribution >= 4 is 28.5 Å². The summed E-state index contributed by atoms with van der Waals surface area (Å²) in [5.41, 5.74) is 0.246. The number of rotatable bonds is 4. The smallest absolute Gasteiger partial charge is 0.338 e. The topological polar surface area (TPSA) is 49.7 Å². The van der Waals surface area contributed by atoms with Gasteiger partial charge in [0.25, 0.3) is 0 Å². The predicted octanol–water partition coefficient (Wildman–Crippen LogP) is 3.28. The Balaban J connectivity index is 2.72. The molecule has 1 rings (SSSR count). The van der Waals surface area contributed by atoms with E-state index in [2.05, 4.69) is 4.99 Å². The Labute approximate surface area is 92.1 Å². The lowest BCUT2D eigenvalue weighted by Gasteiger charge is -1.89. The maximum Gasteiger partial charge on any atom is 0.338 e. The minimum atomic E-state index is -0.944. The summed E-state index contributed by atoms with van der Waals surface area (Å²) >= 11 is 1.31. The first-order valence-electron chi connectivity index (χ1n) is 4.38. The number of thiophene rings is 1. The summed E-state index contributed by atoms with van der Waals surface area (Å²) in [6.07, 6.45) is 8.94. The second kappa shape index (κ2) is 5.93. The highest BCUT2D eigenvalue weighted by molar-refractivity contribution is 7.14. The number of aromatic carboxylic acids is 1. The Bertz CT molecular complexity index is 416. The lowest BCUT2D eigenvalue weighted by molar-refractivity contribution is 0.0698. The molecule has 0 aromatic carbocycles. The second-order valence-electron chi connectivity index (χ2n) is 2.63. The average molecular weight is 221 g/mol. The van der Waals surface area contributed by atoms with Crippen LogP contribution in [0.3, 0.4) is 0 Å². The SMILES string of the molecule is C\C=C/C=C\C=N\c1sccc1C(=O)O. The summed E-state index contributed by atoms with van der Waals surface area (Å²) in [5.74, 6) is -0.944. The normalized spacial score (nSPS) is 12.1. The Morgan fingerprint density at radius 3 is 2.93 bits per heavy atom. The van der Waals surface area contributed by atoms with E-state index in [1.165, 1.54) is 11.3 Å². The second-order valence-corrected chi connectivity index (χ2v) is 3.53. The monoisotopic (exact) mass is 221 g/mol. The van der Waals surface area contributed by atoms with Gasteiger partial charge in [0.05, 0.1) is 5.56 Å². The standard InChI is InChI=1S/C11H11NO2S/c1-2-3-4-5-7-12-10-9(11(13)14)6-8-15-10/h2-8H,1H3,(H,13,14)/b3-2-,5-4-,12-7+. The fourth-order valence-electron chi connectivity index (χ4n) is 0.900. The van der Waals surface area contributed by atoms with Crippen LogP contribution >= 0.6 is 11.3 Å². The van der Waals surface area contributed by atoms with Gasteiger partial charge in [0.15, 0.2) is 0 Å². The van der Waals surface area contributed by atoms with E-state index < -0.39 is 5.97 Å². The molecule has 1 aromatic heterocycles. The highest BCUT2D eigenvalue weighted by Crippen LogP contribution is 2.25. The van der Waals surface area contributed by atoms with Crippen LogP contribution in [0.2, 0.25) is 0 Å². The van der Waals surface area contributed by atoms with Gasteiger partial charge in [-0.15, -0.1) is 11.3 Å². The summed E-state index contributed by atoms with van der Waals surface area (Å²) in [6.45, 7) is 1.92. The van der Waals surface area contributed by atoms with Crippen molar-refractivity contribution in [2.75, 3.05) is 0 Å². The van der Waals surface area contributed by atoms with E-state index in [0.717, 1.165) is 0 Å². The van der Waals surface area contributed by atoms with E-state index in [0.29, 0.717) is 5.00 Å². The van der Waals surface area contributed by atoms with Gasteiger partial charge in [-0.2, -0.15) is 0 Å². The maximum atomic E-state index is 10.7. The van der Waals surface area contributed by atoms with Gasteiger partial charge in [-0.05, 0) is 24.4 Å². The van der Waals surface area contributed by atoms with Crippen LogP contribution < -0.4 is 0 Å². The van der Waals surface area contributed by atoms with E-state index >= 15 is 0 Å². The van der Waals surface area contributed by atoms with Crippen molar-refractivity contribution < 1.29 is 9.90 Å². The number of allylic oxidation sites excluding steroid dienone is 4. The fraction of sp³-hybridized carbons (Fsp3) is 0.0909. The van der Waals surface area contributed by atoms with E-state index in [4.69, 9.17) is 5.11 Å². The van der Waals surface area contributed by atoms with Crippen molar-refractivity contribution in [3.8, 4) is 0 Å². The highest BCUT2D eigenvalue weighted by atomic mass is 32.1. The minimum Gasteiger partial charge on any atom is -0.478 e. The van der Waals surface area contributed by atoms with Gasteiger partial charge >= 0.3 is 5.97 Å². The molecular formula is C11H11NO2S. The molecule has 1 N–H and O–H groups in total. The molecule has 0 aliphatic heterocycles. The van der Waals surface area contributed by atoms with Crippen molar-refractivity contribution in [3.63, 3.8) is 0 Å². The lowest BCUT2D eigenvalue weighted by Crippen LogP contribution is -1.92. The first-order valence-corrected chi connectivity index (χ1v) is 5.26. The molecule has 0 bridgehead atoms. The largest absolute Gasteiger partial charge is 0.478 e. The molecule has 1 aromatic rings. The van der Waals surface area contributed by atoms with Crippen molar-refractivity contribution in [2.45, 2.75) is 6.92 Å². The van der Waals surface area contributed by atoms with Gasteiger partial charge in [-0.1, -0.05) is 18.2 Å². The van der Waals surface area contributed by atoms with E-state index in [1.54, 1.807) is 23.7 Å². The van der Waals surface area contributed by atoms with Crippen LogP contribution in [0.4, 0.5) is 5.00 Å². The van der Waals surface area contributed by atoms with Gasteiger partial charge in [0.2, 0.25) is 0 Å². The molecule has 0 fully saturated rings. The van der Waals surface area contributed by atoms with Gasteiger partial charge in [0, 0.05) is 6.21 Å². The number of hydrogen-bond donors (Lipinski definition) is 1. The van der Waals surface area contributed by atoms with Gasteiger partial charge in [-0.25, -0.2) is 9.79 Å². The summed E-state index contributed by atoms with van der Waals surface area (Å²) < 4.78 is 0. The van der Waals surface area contributed by atoms with Crippen molar-refractivity contribution in [2.24, 2.45) is 4.99 Å². The lowest BCUT2D eigenvalue weighted by atomic mass is 10.3. The maximum absolute atomic E-state index is 10.7. The number of carbonyl (C=O) groups is 1. The first-order chi connectivity index (χ1) is 7.25. The van der Waals surface area contributed by atoms with Gasteiger partial charge in [0.1, 0.15) is 5.00 Å². The van der Waals surface area contributed by atoms with Crippen LogP contribution in [0.5, 0.6) is 0 Å². The molecule has 0 unspecified atom stereocenters. The molecule has 78 valence electrons. The predicted molar refractivity (Wildman–Crippen MR) is 63.4 cm³/mol. The third kappa shape index (κ3) is 3.52. The first kappa shape index (κ1) is 11.4. The molecule has 0 radical (unpaired) electrons. The molecular weight excluding hydrogens is 210 g/mol. The molecule has 15 heavy (non-hydrogen) atoms. The number of hydrogen-bond acceptors (Lipinski definition) is 3. The zero-order valence-electron chi connectivity index (χ0n) is 8.25. The van der Waals surface area contributed by atoms with Crippen LogP contribution in [0.15, 0.2) is 40.7 Å². The minimum absolute atomic E-state index is 0.246. The number of carboxylic acids is 1. The van der Waals surface area contributed by atoms with Crippen LogP contribution in [-0.4, -0.2) is 17.3 Å².